The van der Waals surface area contributed by atoms with Crippen molar-refractivity contribution in [1.29, 1.82) is 0 Å². The van der Waals surface area contributed by atoms with Gasteiger partial charge < -0.3 is 19.6 Å². The van der Waals surface area contributed by atoms with Gasteiger partial charge in [-0.2, -0.15) is 0 Å². The third-order valence-electron chi connectivity index (χ3n) is 4.36. The number of rotatable bonds is 5. The van der Waals surface area contributed by atoms with E-state index in [0.29, 0.717) is 12.1 Å². The summed E-state index contributed by atoms with van der Waals surface area (Å²) in [7, 11) is 1.60. The van der Waals surface area contributed by atoms with E-state index in [4.69, 9.17) is 9.15 Å². The molecule has 0 aliphatic heterocycles. The minimum atomic E-state index is -0.721. The fourth-order valence-corrected chi connectivity index (χ4v) is 3.04. The molecule has 1 fully saturated rings. The topological polar surface area (TPSA) is 71.7 Å². The van der Waals surface area contributed by atoms with E-state index in [1.165, 1.54) is 0 Å². The minimum absolute atomic E-state index is 0.0983. The molecule has 118 valence electrons. The van der Waals surface area contributed by atoms with Crippen molar-refractivity contribution in [3.05, 3.63) is 30.0 Å². The lowest BCUT2D eigenvalue weighted by Crippen LogP contribution is -2.41. The lowest BCUT2D eigenvalue weighted by molar-refractivity contribution is -0.121. The highest BCUT2D eigenvalue weighted by molar-refractivity contribution is 5.88. The first kappa shape index (κ1) is 14.9. The standard InChI is InChI=1S/C17H21NO4/c1-21-13-4-5-14-12(10-22-15(14)9-13)8-16(19)18-11-17(20)6-2-3-7-17/h4-5,9-10,20H,2-3,6-8,11H2,1H3,(H,18,19). The van der Waals surface area contributed by atoms with Crippen LogP contribution in [0.2, 0.25) is 0 Å². The summed E-state index contributed by atoms with van der Waals surface area (Å²) in [4.78, 5) is 12.1. The molecule has 5 nitrogen and oxygen atoms in total. The molecule has 0 atom stereocenters. The highest BCUT2D eigenvalue weighted by Gasteiger charge is 2.31. The molecule has 3 rings (SSSR count). The fraction of sp³-hybridized carbons (Fsp3) is 0.471. The van der Waals surface area contributed by atoms with Gasteiger partial charge in [0.15, 0.2) is 0 Å². The quantitative estimate of drug-likeness (QED) is 0.890. The number of ether oxygens (including phenoxy) is 1. The van der Waals surface area contributed by atoms with E-state index in [1.54, 1.807) is 19.4 Å². The number of amides is 1. The molecule has 1 aromatic carbocycles. The second kappa shape index (κ2) is 6.01. The van der Waals surface area contributed by atoms with Crippen LogP contribution in [0.25, 0.3) is 11.0 Å². The normalized spacial score (nSPS) is 16.8. The van der Waals surface area contributed by atoms with Gasteiger partial charge >= 0.3 is 0 Å². The molecule has 0 radical (unpaired) electrons. The maximum Gasteiger partial charge on any atom is 0.224 e. The summed E-state index contributed by atoms with van der Waals surface area (Å²) in [6, 6.07) is 5.54. The number of carbonyl (C=O) groups excluding carboxylic acids is 1. The molecule has 5 heteroatoms. The SMILES string of the molecule is COc1ccc2c(CC(=O)NCC3(O)CCCC3)coc2c1. The Hall–Kier alpha value is -2.01. The van der Waals surface area contributed by atoms with Crippen molar-refractivity contribution in [3.8, 4) is 5.75 Å². The summed E-state index contributed by atoms with van der Waals surface area (Å²) in [5.41, 5.74) is 0.826. The van der Waals surface area contributed by atoms with Crippen molar-refractivity contribution in [3.63, 3.8) is 0 Å². The van der Waals surface area contributed by atoms with Crippen LogP contribution in [0.5, 0.6) is 5.75 Å². The van der Waals surface area contributed by atoms with Crippen LogP contribution in [0, 0.1) is 0 Å². The van der Waals surface area contributed by atoms with E-state index < -0.39 is 5.60 Å². The maximum absolute atomic E-state index is 12.1. The summed E-state index contributed by atoms with van der Waals surface area (Å²) >= 11 is 0. The van der Waals surface area contributed by atoms with Crippen molar-refractivity contribution < 1.29 is 19.1 Å². The molecule has 2 N–H and O–H groups in total. The zero-order valence-electron chi connectivity index (χ0n) is 12.7. The van der Waals surface area contributed by atoms with Gasteiger partial charge in [-0.05, 0) is 25.0 Å². The van der Waals surface area contributed by atoms with Gasteiger partial charge in [-0.15, -0.1) is 0 Å². The molecular formula is C17H21NO4. The molecule has 0 saturated heterocycles. The molecule has 22 heavy (non-hydrogen) atoms. The number of methoxy groups -OCH3 is 1. The van der Waals surface area contributed by atoms with Crippen LogP contribution in [-0.2, 0) is 11.2 Å². The van der Waals surface area contributed by atoms with Gasteiger partial charge in [0, 0.05) is 23.6 Å². The predicted molar refractivity (Wildman–Crippen MR) is 82.9 cm³/mol. The van der Waals surface area contributed by atoms with Gasteiger partial charge in [-0.3, -0.25) is 4.79 Å². The number of hydrogen-bond acceptors (Lipinski definition) is 4. The number of nitrogens with one attached hydrogen (secondary N) is 1. The van der Waals surface area contributed by atoms with Gasteiger partial charge in [0.05, 0.1) is 25.4 Å². The van der Waals surface area contributed by atoms with Crippen LogP contribution in [-0.4, -0.2) is 30.3 Å². The first-order valence-corrected chi connectivity index (χ1v) is 7.63. The third-order valence-corrected chi connectivity index (χ3v) is 4.36. The lowest BCUT2D eigenvalue weighted by atomic mass is 10.0. The molecule has 2 aromatic rings. The number of fused-ring (bicyclic) bond motifs is 1. The molecule has 1 aliphatic rings. The molecule has 1 aromatic heterocycles. The van der Waals surface area contributed by atoms with Crippen molar-refractivity contribution in [2.75, 3.05) is 13.7 Å². The number of carbonyl (C=O) groups is 1. The Morgan fingerprint density at radius 3 is 2.91 bits per heavy atom. The molecule has 1 heterocycles. The lowest BCUT2D eigenvalue weighted by Gasteiger charge is -2.22. The fourth-order valence-electron chi connectivity index (χ4n) is 3.04. The first-order valence-electron chi connectivity index (χ1n) is 7.63. The summed E-state index contributed by atoms with van der Waals surface area (Å²) in [6.07, 6.45) is 5.44. The average Bonchev–Trinajstić information content (AvgIpc) is 3.12. The zero-order valence-corrected chi connectivity index (χ0v) is 12.7. The maximum atomic E-state index is 12.1. The first-order chi connectivity index (χ1) is 10.6. The molecule has 0 spiro atoms. The number of benzene rings is 1. The average molecular weight is 303 g/mol. The Balaban J connectivity index is 1.64. The second-order valence-electron chi connectivity index (χ2n) is 6.01. The number of hydrogen-bond donors (Lipinski definition) is 2. The van der Waals surface area contributed by atoms with Crippen LogP contribution >= 0.6 is 0 Å². The van der Waals surface area contributed by atoms with Crippen molar-refractivity contribution >= 4 is 16.9 Å². The van der Waals surface area contributed by atoms with E-state index in [-0.39, 0.29) is 12.3 Å². The molecule has 1 amide bonds. The highest BCUT2D eigenvalue weighted by atomic mass is 16.5. The van der Waals surface area contributed by atoms with Crippen molar-refractivity contribution in [2.24, 2.45) is 0 Å². The van der Waals surface area contributed by atoms with E-state index in [2.05, 4.69) is 5.32 Å². The van der Waals surface area contributed by atoms with E-state index in [1.807, 2.05) is 12.1 Å². The smallest absolute Gasteiger partial charge is 0.224 e. The van der Waals surface area contributed by atoms with Crippen molar-refractivity contribution in [2.45, 2.75) is 37.7 Å². The van der Waals surface area contributed by atoms with E-state index in [9.17, 15) is 9.90 Å². The Bertz CT molecular complexity index is 670. The second-order valence-corrected chi connectivity index (χ2v) is 6.01. The van der Waals surface area contributed by atoms with Crippen molar-refractivity contribution in [1.82, 2.24) is 5.32 Å². The predicted octanol–water partition coefficient (Wildman–Crippen LogP) is 2.41. The zero-order chi connectivity index (χ0) is 15.6. The van der Waals surface area contributed by atoms with Gasteiger partial charge in [-0.25, -0.2) is 0 Å². The van der Waals surface area contributed by atoms with E-state index in [0.717, 1.165) is 42.4 Å². The molecule has 0 bridgehead atoms. The Morgan fingerprint density at radius 1 is 1.41 bits per heavy atom. The van der Waals surface area contributed by atoms with Gasteiger partial charge in [-0.1, -0.05) is 12.8 Å². The van der Waals surface area contributed by atoms with Gasteiger partial charge in [0.2, 0.25) is 5.91 Å². The van der Waals surface area contributed by atoms with E-state index >= 15 is 0 Å². The third kappa shape index (κ3) is 3.09. The number of furan rings is 1. The van der Waals surface area contributed by atoms with Crippen LogP contribution in [0.1, 0.15) is 31.2 Å². The minimum Gasteiger partial charge on any atom is -0.497 e. The summed E-state index contributed by atoms with van der Waals surface area (Å²) in [5, 5.41) is 14.0. The summed E-state index contributed by atoms with van der Waals surface area (Å²) in [6.45, 7) is 0.329. The van der Waals surface area contributed by atoms with Crippen LogP contribution in [0.15, 0.2) is 28.9 Å². The van der Waals surface area contributed by atoms with Crippen LogP contribution < -0.4 is 10.1 Å². The van der Waals surface area contributed by atoms with Gasteiger partial charge in [0.25, 0.3) is 0 Å². The Labute approximate surface area is 129 Å². The monoisotopic (exact) mass is 303 g/mol. The Morgan fingerprint density at radius 2 is 2.18 bits per heavy atom. The summed E-state index contributed by atoms with van der Waals surface area (Å²) < 4.78 is 10.6. The molecular weight excluding hydrogens is 282 g/mol. The van der Waals surface area contributed by atoms with Crippen LogP contribution in [0.3, 0.4) is 0 Å². The van der Waals surface area contributed by atoms with Gasteiger partial charge in [0.1, 0.15) is 11.3 Å². The molecule has 0 unspecified atom stereocenters. The number of aliphatic hydroxyl groups is 1. The highest BCUT2D eigenvalue weighted by Crippen LogP contribution is 2.29. The Kier molecular flexibility index (Phi) is 4.07. The molecule has 1 saturated carbocycles. The largest absolute Gasteiger partial charge is 0.497 e. The summed E-state index contributed by atoms with van der Waals surface area (Å²) in [5.74, 6) is 0.625. The molecule has 1 aliphatic carbocycles. The van der Waals surface area contributed by atoms with Crippen LogP contribution in [0.4, 0.5) is 0 Å².